The van der Waals surface area contributed by atoms with E-state index in [9.17, 15) is 14.7 Å². The number of carbonyl (C=O) groups is 2. The number of amides is 2. The molecule has 174 valence electrons. The van der Waals surface area contributed by atoms with Crippen molar-refractivity contribution in [3.63, 3.8) is 0 Å². The minimum Gasteiger partial charge on any atom is -0.504 e. The van der Waals surface area contributed by atoms with Crippen LogP contribution < -0.4 is 15.0 Å². The lowest BCUT2D eigenvalue weighted by Crippen LogP contribution is -2.37. The zero-order valence-electron chi connectivity index (χ0n) is 19.0. The molecule has 2 N–H and O–H groups in total. The van der Waals surface area contributed by atoms with Crippen molar-refractivity contribution in [1.29, 1.82) is 0 Å². The third-order valence-corrected chi connectivity index (χ3v) is 8.46. The molecule has 7 nitrogen and oxygen atoms in total. The average Bonchev–Trinajstić information content (AvgIpc) is 3.07. The van der Waals surface area contributed by atoms with Crippen LogP contribution in [0.4, 0.5) is 17.1 Å². The van der Waals surface area contributed by atoms with Gasteiger partial charge in [-0.05, 0) is 50.3 Å². The van der Waals surface area contributed by atoms with Gasteiger partial charge in [-0.15, -0.1) is 0 Å². The van der Waals surface area contributed by atoms with E-state index in [0.717, 1.165) is 17.7 Å². The van der Waals surface area contributed by atoms with Crippen molar-refractivity contribution in [1.82, 2.24) is 0 Å². The molecule has 0 saturated carbocycles. The molecular weight excluding hydrogens is 458 g/mol. The highest BCUT2D eigenvalue weighted by atomic mass is 33.1. The maximum atomic E-state index is 13.5. The van der Waals surface area contributed by atoms with Crippen molar-refractivity contribution in [2.45, 2.75) is 43.9 Å². The minimum absolute atomic E-state index is 0.0165. The highest BCUT2D eigenvalue weighted by Gasteiger charge is 2.36. The number of fused-ring (bicyclic) bond motifs is 4. The van der Waals surface area contributed by atoms with Crippen molar-refractivity contribution in [3.8, 4) is 11.5 Å². The van der Waals surface area contributed by atoms with Gasteiger partial charge in [0.2, 0.25) is 5.91 Å². The highest BCUT2D eigenvalue weighted by molar-refractivity contribution is 8.76. The average molecular weight is 486 g/mol. The first-order valence-electron chi connectivity index (χ1n) is 10.7. The number of phenols is 1. The maximum absolute atomic E-state index is 13.5. The molecule has 9 heteroatoms. The van der Waals surface area contributed by atoms with Crippen molar-refractivity contribution >= 4 is 56.7 Å². The van der Waals surface area contributed by atoms with Gasteiger partial charge in [0.25, 0.3) is 5.91 Å². The number of methoxy groups -OCH3 is 1. The van der Waals surface area contributed by atoms with Gasteiger partial charge in [-0.3, -0.25) is 19.5 Å². The first kappa shape index (κ1) is 23.5. The van der Waals surface area contributed by atoms with Gasteiger partial charge >= 0.3 is 0 Å². The Kier molecular flexibility index (Phi) is 6.63. The van der Waals surface area contributed by atoms with Gasteiger partial charge in [-0.1, -0.05) is 27.7 Å². The summed E-state index contributed by atoms with van der Waals surface area (Å²) < 4.78 is 5.20. The van der Waals surface area contributed by atoms with Gasteiger partial charge in [0.1, 0.15) is 0 Å². The van der Waals surface area contributed by atoms with Crippen LogP contribution in [0.25, 0.3) is 0 Å². The maximum Gasteiger partial charge on any atom is 0.261 e. The quantitative estimate of drug-likeness (QED) is 0.524. The summed E-state index contributed by atoms with van der Waals surface area (Å²) >= 11 is 0. The number of phenolic OH excluding ortho intramolecular Hbond substituents is 1. The standard InChI is InChI=1S/C24H27N3O4S2/c1-24(2,33-32-4)8-7-22(29)26-15-6-5-14-9-16-13-25-18-12-20(28)21(31-3)11-17(18)23(30)27(16)19(14)10-15/h5-6,10-13,16,28H,7-9H2,1-4H3,(H,26,29). The molecule has 0 saturated heterocycles. The van der Waals surface area contributed by atoms with E-state index in [4.69, 9.17) is 4.74 Å². The van der Waals surface area contributed by atoms with Crippen LogP contribution in [-0.4, -0.2) is 47.3 Å². The summed E-state index contributed by atoms with van der Waals surface area (Å²) in [5, 5.41) is 13.1. The molecule has 0 radical (unpaired) electrons. The molecule has 1 unspecified atom stereocenters. The van der Waals surface area contributed by atoms with Crippen LogP contribution in [0.3, 0.4) is 0 Å². The van der Waals surface area contributed by atoms with E-state index in [2.05, 4.69) is 24.2 Å². The van der Waals surface area contributed by atoms with Gasteiger partial charge in [-0.2, -0.15) is 0 Å². The highest BCUT2D eigenvalue weighted by Crippen LogP contribution is 2.41. The summed E-state index contributed by atoms with van der Waals surface area (Å²) in [5.41, 5.74) is 3.20. The Labute approximate surface area is 201 Å². The molecule has 2 aromatic rings. The number of benzene rings is 2. The lowest BCUT2D eigenvalue weighted by atomic mass is 10.1. The van der Waals surface area contributed by atoms with E-state index in [1.54, 1.807) is 32.7 Å². The van der Waals surface area contributed by atoms with E-state index >= 15 is 0 Å². The summed E-state index contributed by atoms with van der Waals surface area (Å²) in [4.78, 5) is 32.2. The molecule has 1 atom stereocenters. The SMILES string of the molecule is COc1cc2c(cc1O)N=CC1Cc3ccc(NC(=O)CCC(C)(C)SSC)cc3N1C2=O. The predicted octanol–water partition coefficient (Wildman–Crippen LogP) is 5.20. The van der Waals surface area contributed by atoms with Gasteiger partial charge in [-0.25, -0.2) is 0 Å². The van der Waals surface area contributed by atoms with E-state index < -0.39 is 0 Å². The fourth-order valence-electron chi connectivity index (χ4n) is 4.11. The third kappa shape index (κ3) is 4.84. The second-order valence-electron chi connectivity index (χ2n) is 8.67. The predicted molar refractivity (Wildman–Crippen MR) is 137 cm³/mol. The molecule has 2 aliphatic rings. The number of aromatic hydroxyl groups is 1. The molecular formula is C24H27N3O4S2. The number of hydrogen-bond donors (Lipinski definition) is 2. The molecule has 2 heterocycles. The number of carbonyl (C=O) groups excluding carboxylic acids is 2. The molecule has 2 amide bonds. The van der Waals surface area contributed by atoms with Crippen molar-refractivity contribution < 1.29 is 19.4 Å². The van der Waals surface area contributed by atoms with Crippen LogP contribution in [0, 0.1) is 0 Å². The largest absolute Gasteiger partial charge is 0.504 e. The lowest BCUT2D eigenvalue weighted by molar-refractivity contribution is -0.116. The van der Waals surface area contributed by atoms with E-state index in [1.807, 2.05) is 24.5 Å². The monoisotopic (exact) mass is 485 g/mol. The van der Waals surface area contributed by atoms with Gasteiger partial charge in [0, 0.05) is 35.6 Å². The normalized spacial score (nSPS) is 16.7. The minimum atomic E-state index is -0.233. The summed E-state index contributed by atoms with van der Waals surface area (Å²) in [6.45, 7) is 4.27. The Balaban J connectivity index is 1.56. The smallest absolute Gasteiger partial charge is 0.261 e. The fourth-order valence-corrected chi connectivity index (χ4v) is 6.35. The van der Waals surface area contributed by atoms with E-state index in [0.29, 0.717) is 29.8 Å². The summed E-state index contributed by atoms with van der Waals surface area (Å²) in [7, 11) is 4.91. The number of rotatable bonds is 7. The number of ether oxygens (including phenoxy) is 1. The summed E-state index contributed by atoms with van der Waals surface area (Å²) in [6.07, 6.45) is 5.60. The van der Waals surface area contributed by atoms with Crippen LogP contribution in [0.1, 0.15) is 42.6 Å². The number of aliphatic imine (C=N–C) groups is 1. The Morgan fingerprint density at radius 2 is 2.12 bits per heavy atom. The van der Waals surface area contributed by atoms with E-state index in [1.165, 1.54) is 19.2 Å². The van der Waals surface area contributed by atoms with Crippen LogP contribution >= 0.6 is 21.6 Å². The summed E-state index contributed by atoms with van der Waals surface area (Å²) in [5.74, 6) is -0.107. The molecule has 33 heavy (non-hydrogen) atoms. The van der Waals surface area contributed by atoms with Crippen LogP contribution in [0.5, 0.6) is 11.5 Å². The lowest BCUT2D eigenvalue weighted by Gasteiger charge is -2.23. The molecule has 0 aromatic heterocycles. The topological polar surface area (TPSA) is 91.2 Å². The Hall–Kier alpha value is -2.65. The van der Waals surface area contributed by atoms with E-state index in [-0.39, 0.29) is 34.1 Å². The number of nitrogens with zero attached hydrogens (tertiary/aromatic N) is 2. The van der Waals surface area contributed by atoms with Crippen molar-refractivity contribution in [2.24, 2.45) is 4.99 Å². The number of hydrogen-bond acceptors (Lipinski definition) is 7. The molecule has 4 rings (SSSR count). The zero-order chi connectivity index (χ0) is 23.8. The van der Waals surface area contributed by atoms with Crippen molar-refractivity contribution in [3.05, 3.63) is 41.5 Å². The second-order valence-corrected chi connectivity index (χ2v) is 11.8. The van der Waals surface area contributed by atoms with Crippen LogP contribution in [0.15, 0.2) is 35.3 Å². The van der Waals surface area contributed by atoms with Crippen LogP contribution in [0.2, 0.25) is 0 Å². The Morgan fingerprint density at radius 1 is 1.33 bits per heavy atom. The Morgan fingerprint density at radius 3 is 2.85 bits per heavy atom. The van der Waals surface area contributed by atoms with Gasteiger partial charge in [0.15, 0.2) is 11.5 Å². The zero-order valence-corrected chi connectivity index (χ0v) is 20.7. The number of anilines is 2. The van der Waals surface area contributed by atoms with Crippen molar-refractivity contribution in [2.75, 3.05) is 23.6 Å². The second kappa shape index (κ2) is 9.30. The molecule has 2 aromatic carbocycles. The summed E-state index contributed by atoms with van der Waals surface area (Å²) in [6, 6.07) is 8.41. The molecule has 0 aliphatic carbocycles. The first-order valence-corrected chi connectivity index (χ1v) is 13.2. The molecule has 0 fully saturated rings. The molecule has 0 bridgehead atoms. The number of nitrogens with one attached hydrogen (secondary N) is 1. The molecule has 2 aliphatic heterocycles. The van der Waals surface area contributed by atoms with Crippen LogP contribution in [-0.2, 0) is 11.2 Å². The van der Waals surface area contributed by atoms with Gasteiger partial charge < -0.3 is 15.2 Å². The fraction of sp³-hybridized carbons (Fsp3) is 0.375. The van der Waals surface area contributed by atoms with Gasteiger partial charge in [0.05, 0.1) is 30.1 Å². The third-order valence-electron chi connectivity index (χ3n) is 5.78. The first-order chi connectivity index (χ1) is 15.7. The Bertz CT molecular complexity index is 1130. The molecule has 0 spiro atoms.